The fourth-order valence-electron chi connectivity index (χ4n) is 2.66. The van der Waals surface area contributed by atoms with E-state index in [0.717, 1.165) is 36.1 Å². The highest BCUT2D eigenvalue weighted by atomic mass is 16.6. The van der Waals surface area contributed by atoms with Crippen molar-refractivity contribution in [2.24, 2.45) is 0 Å². The lowest BCUT2D eigenvalue weighted by Gasteiger charge is -2.14. The number of rotatable bonds is 9. The molecule has 150 valence electrons. The Hall–Kier alpha value is -2.82. The Morgan fingerprint density at radius 2 is 1.75 bits per heavy atom. The van der Waals surface area contributed by atoms with Crippen molar-refractivity contribution in [2.45, 2.75) is 53.1 Å². The molecule has 0 unspecified atom stereocenters. The van der Waals surface area contributed by atoms with Gasteiger partial charge in [0.1, 0.15) is 5.75 Å². The maximum atomic E-state index is 12.5. The number of benzene rings is 2. The van der Waals surface area contributed by atoms with Crippen LogP contribution in [0.3, 0.4) is 0 Å². The van der Waals surface area contributed by atoms with Gasteiger partial charge < -0.3 is 14.8 Å². The largest absolute Gasteiger partial charge is 0.479 e. The van der Waals surface area contributed by atoms with Gasteiger partial charge in [-0.3, -0.25) is 4.79 Å². The van der Waals surface area contributed by atoms with E-state index in [4.69, 9.17) is 9.47 Å². The first-order valence-electron chi connectivity index (χ1n) is 9.73. The van der Waals surface area contributed by atoms with Crippen molar-refractivity contribution in [2.75, 3.05) is 11.9 Å². The smallest absolute Gasteiger partial charge is 0.347 e. The highest BCUT2D eigenvalue weighted by Crippen LogP contribution is 2.20. The first-order valence-corrected chi connectivity index (χ1v) is 9.73. The molecule has 2 aromatic rings. The van der Waals surface area contributed by atoms with E-state index < -0.39 is 6.10 Å². The predicted octanol–water partition coefficient (Wildman–Crippen LogP) is 5.06. The summed E-state index contributed by atoms with van der Waals surface area (Å²) in [6.07, 6.45) is 2.27. The molecule has 0 saturated carbocycles. The molecule has 1 atom stereocenters. The van der Waals surface area contributed by atoms with Crippen molar-refractivity contribution >= 4 is 17.6 Å². The zero-order chi connectivity index (χ0) is 20.5. The predicted molar refractivity (Wildman–Crippen MR) is 111 cm³/mol. The van der Waals surface area contributed by atoms with Crippen molar-refractivity contribution in [3.8, 4) is 5.75 Å². The van der Waals surface area contributed by atoms with Gasteiger partial charge in [0.2, 0.25) is 0 Å². The molecule has 0 bridgehead atoms. The minimum atomic E-state index is -0.698. The Bertz CT molecular complexity index is 799. The van der Waals surface area contributed by atoms with Gasteiger partial charge in [-0.15, -0.1) is 0 Å². The van der Waals surface area contributed by atoms with Crippen molar-refractivity contribution in [3.05, 3.63) is 59.2 Å². The monoisotopic (exact) mass is 383 g/mol. The molecule has 0 aliphatic rings. The molecule has 0 heterocycles. The third kappa shape index (κ3) is 6.12. The van der Waals surface area contributed by atoms with Crippen LogP contribution in [0.25, 0.3) is 0 Å². The fraction of sp³-hybridized carbons (Fsp3) is 0.391. The van der Waals surface area contributed by atoms with E-state index in [1.165, 1.54) is 0 Å². The van der Waals surface area contributed by atoms with Crippen molar-refractivity contribution < 1.29 is 19.1 Å². The second-order valence-electron chi connectivity index (χ2n) is 6.86. The van der Waals surface area contributed by atoms with Crippen LogP contribution in [-0.4, -0.2) is 24.6 Å². The molecule has 0 radical (unpaired) electrons. The van der Waals surface area contributed by atoms with E-state index in [1.807, 2.05) is 32.0 Å². The van der Waals surface area contributed by atoms with Gasteiger partial charge in [-0.05, 0) is 68.7 Å². The van der Waals surface area contributed by atoms with Crippen LogP contribution in [-0.2, 0) is 9.53 Å². The number of carbonyl (C=O) groups excluding carboxylic acids is 2. The fourth-order valence-corrected chi connectivity index (χ4v) is 2.66. The summed E-state index contributed by atoms with van der Waals surface area (Å²) < 4.78 is 10.8. The van der Waals surface area contributed by atoms with E-state index in [0.29, 0.717) is 17.9 Å². The lowest BCUT2D eigenvalue weighted by Crippen LogP contribution is -2.26. The maximum absolute atomic E-state index is 12.5. The highest BCUT2D eigenvalue weighted by molar-refractivity contribution is 6.04. The Morgan fingerprint density at radius 3 is 2.43 bits per heavy atom. The number of ether oxygens (including phenoxy) is 2. The SMILES string of the molecule is CCCCCOC(=O)[C@@H](C)Oc1ccc(C(=O)Nc2cccc(C)c2C)cc1. The molecule has 2 aromatic carbocycles. The summed E-state index contributed by atoms with van der Waals surface area (Å²) in [7, 11) is 0. The quantitative estimate of drug-likeness (QED) is 0.486. The van der Waals surface area contributed by atoms with Gasteiger partial charge in [0.05, 0.1) is 6.61 Å². The second-order valence-corrected chi connectivity index (χ2v) is 6.86. The van der Waals surface area contributed by atoms with Crippen LogP contribution in [0.1, 0.15) is 54.6 Å². The van der Waals surface area contributed by atoms with E-state index in [9.17, 15) is 9.59 Å². The van der Waals surface area contributed by atoms with E-state index in [2.05, 4.69) is 12.2 Å². The molecule has 0 aromatic heterocycles. The lowest BCUT2D eigenvalue weighted by molar-refractivity contribution is -0.151. The summed E-state index contributed by atoms with van der Waals surface area (Å²) in [4.78, 5) is 24.4. The molecule has 2 rings (SSSR count). The summed E-state index contributed by atoms with van der Waals surface area (Å²) in [5.74, 6) is -0.0576. The van der Waals surface area contributed by atoms with Crippen LogP contribution in [0.15, 0.2) is 42.5 Å². The first kappa shape index (κ1) is 21.5. The highest BCUT2D eigenvalue weighted by Gasteiger charge is 2.16. The van der Waals surface area contributed by atoms with Crippen LogP contribution in [0.2, 0.25) is 0 Å². The molecule has 0 saturated heterocycles. The number of nitrogens with one attached hydrogen (secondary N) is 1. The number of esters is 1. The molecule has 0 aliphatic carbocycles. The summed E-state index contributed by atoms with van der Waals surface area (Å²) in [5.41, 5.74) is 3.48. The molecule has 0 fully saturated rings. The van der Waals surface area contributed by atoms with Gasteiger partial charge in [-0.1, -0.05) is 31.9 Å². The van der Waals surface area contributed by atoms with Crippen LogP contribution >= 0.6 is 0 Å². The normalized spacial score (nSPS) is 11.6. The van der Waals surface area contributed by atoms with Crippen LogP contribution < -0.4 is 10.1 Å². The van der Waals surface area contributed by atoms with Crippen LogP contribution in [0.4, 0.5) is 5.69 Å². The van der Waals surface area contributed by atoms with E-state index in [-0.39, 0.29) is 11.9 Å². The number of carbonyl (C=O) groups is 2. The van der Waals surface area contributed by atoms with Crippen LogP contribution in [0, 0.1) is 13.8 Å². The first-order chi connectivity index (χ1) is 13.4. The lowest BCUT2D eigenvalue weighted by atomic mass is 10.1. The van der Waals surface area contributed by atoms with E-state index in [1.54, 1.807) is 31.2 Å². The molecule has 0 aliphatic heterocycles. The molecule has 5 heteroatoms. The third-order valence-electron chi connectivity index (χ3n) is 4.61. The zero-order valence-corrected chi connectivity index (χ0v) is 17.1. The van der Waals surface area contributed by atoms with E-state index >= 15 is 0 Å². The van der Waals surface area contributed by atoms with Crippen molar-refractivity contribution in [1.29, 1.82) is 0 Å². The average molecular weight is 383 g/mol. The van der Waals surface area contributed by atoms with Gasteiger partial charge in [0, 0.05) is 11.3 Å². The summed E-state index contributed by atoms with van der Waals surface area (Å²) in [5, 5.41) is 2.93. The molecule has 1 N–H and O–H groups in total. The number of hydrogen-bond acceptors (Lipinski definition) is 4. The number of unbranched alkanes of at least 4 members (excludes halogenated alkanes) is 2. The molecule has 0 spiro atoms. The molecule has 5 nitrogen and oxygen atoms in total. The Kier molecular flexibility index (Phi) is 8.05. The summed E-state index contributed by atoms with van der Waals surface area (Å²) >= 11 is 0. The molecule has 1 amide bonds. The minimum Gasteiger partial charge on any atom is -0.479 e. The van der Waals surface area contributed by atoms with Crippen molar-refractivity contribution in [1.82, 2.24) is 0 Å². The number of amides is 1. The summed E-state index contributed by atoms with van der Waals surface area (Å²) in [6.45, 7) is 8.15. The molecule has 28 heavy (non-hydrogen) atoms. The average Bonchev–Trinajstić information content (AvgIpc) is 2.69. The topological polar surface area (TPSA) is 64.6 Å². The molecular weight excluding hydrogens is 354 g/mol. The van der Waals surface area contributed by atoms with Gasteiger partial charge in [-0.25, -0.2) is 4.79 Å². The van der Waals surface area contributed by atoms with Gasteiger partial charge in [-0.2, -0.15) is 0 Å². The van der Waals surface area contributed by atoms with Crippen molar-refractivity contribution in [3.63, 3.8) is 0 Å². The van der Waals surface area contributed by atoms with Gasteiger partial charge >= 0.3 is 5.97 Å². The number of aryl methyl sites for hydroxylation is 1. The Balaban J connectivity index is 1.91. The zero-order valence-electron chi connectivity index (χ0n) is 17.1. The Labute approximate surface area is 167 Å². The van der Waals surface area contributed by atoms with Crippen LogP contribution in [0.5, 0.6) is 5.75 Å². The number of anilines is 1. The Morgan fingerprint density at radius 1 is 1.04 bits per heavy atom. The second kappa shape index (κ2) is 10.5. The van der Waals surface area contributed by atoms with Gasteiger partial charge in [0.25, 0.3) is 5.91 Å². The molecular formula is C23H29NO4. The summed E-state index contributed by atoms with van der Waals surface area (Å²) in [6, 6.07) is 12.5. The number of hydrogen-bond donors (Lipinski definition) is 1. The standard InChI is InChI=1S/C23H29NO4/c1-5-6-7-15-27-23(26)18(4)28-20-13-11-19(12-14-20)22(25)24-21-10-8-9-16(2)17(21)3/h8-14,18H,5-7,15H2,1-4H3,(H,24,25)/t18-/m1/s1. The minimum absolute atomic E-state index is 0.191. The van der Waals surface area contributed by atoms with Gasteiger partial charge in [0.15, 0.2) is 6.10 Å². The maximum Gasteiger partial charge on any atom is 0.347 e. The third-order valence-corrected chi connectivity index (χ3v) is 4.61.